The minimum absolute atomic E-state index is 0.0193. The van der Waals surface area contributed by atoms with Gasteiger partial charge in [-0.1, -0.05) is 108 Å². The van der Waals surface area contributed by atoms with Crippen LogP contribution in [0.3, 0.4) is 0 Å². The van der Waals surface area contributed by atoms with Gasteiger partial charge in [0, 0.05) is 0 Å². The number of aromatic hydroxyl groups is 2. The van der Waals surface area contributed by atoms with E-state index in [1.165, 1.54) is 10.0 Å². The number of hydrogen-bond donors (Lipinski definition) is 2. The Balaban J connectivity index is 1.38. The van der Waals surface area contributed by atoms with E-state index in [-0.39, 0.29) is 35.7 Å². The predicted octanol–water partition coefficient (Wildman–Crippen LogP) is 5.95. The molecule has 0 radical (unpaired) electrons. The summed E-state index contributed by atoms with van der Waals surface area (Å²) in [4.78, 5) is 28.9. The molecule has 3 heterocycles. The van der Waals surface area contributed by atoms with E-state index in [4.69, 9.17) is 0 Å². The normalized spacial score (nSPS) is 15.8. The van der Waals surface area contributed by atoms with Crippen molar-refractivity contribution in [2.24, 2.45) is 0 Å². The minimum atomic E-state index is -0.458. The molecule has 2 N–H and O–H groups in total. The lowest BCUT2D eigenvalue weighted by Gasteiger charge is -2.27. The molecule has 8 nitrogen and oxygen atoms in total. The second kappa shape index (κ2) is 10.6. The predicted molar refractivity (Wildman–Crippen MR) is 152 cm³/mol. The lowest BCUT2D eigenvalue weighted by Crippen LogP contribution is -2.39. The summed E-state index contributed by atoms with van der Waals surface area (Å²) in [5, 5.41) is 43.6. The SMILES string of the molecule is N#CC(C#N)=C1Sc2c(O)c3c(c(O)c2S1)SC(=C1C(=O)N(Cc2ccccc2)N(Cc2ccccc2)C1=O)S3. The molecular formula is C28H16N4O4S4. The number of fused-ring (bicyclic) bond motifs is 2. The van der Waals surface area contributed by atoms with Crippen LogP contribution < -0.4 is 0 Å². The highest BCUT2D eigenvalue weighted by Crippen LogP contribution is 2.68. The molecular weight excluding hydrogens is 585 g/mol. The van der Waals surface area contributed by atoms with Crippen LogP contribution in [0, 0.1) is 22.7 Å². The Kier molecular flexibility index (Phi) is 6.94. The van der Waals surface area contributed by atoms with Crippen LogP contribution in [0.25, 0.3) is 0 Å². The summed E-state index contributed by atoms with van der Waals surface area (Å²) in [5.41, 5.74) is 1.60. The number of thioether (sulfide) groups is 4. The highest BCUT2D eigenvalue weighted by Gasteiger charge is 2.46. The summed E-state index contributed by atoms with van der Waals surface area (Å²) in [7, 11) is 0. The summed E-state index contributed by atoms with van der Waals surface area (Å²) >= 11 is 4.18. The zero-order chi connectivity index (χ0) is 28.0. The molecule has 3 aromatic carbocycles. The highest BCUT2D eigenvalue weighted by molar-refractivity contribution is 8.26. The van der Waals surface area contributed by atoms with Crippen LogP contribution >= 0.6 is 47.0 Å². The Morgan fingerprint density at radius 3 is 1.48 bits per heavy atom. The van der Waals surface area contributed by atoms with Gasteiger partial charge >= 0.3 is 0 Å². The number of phenolic OH excluding ortho intramolecular Hbond substituents is 2. The standard InChI is InChI=1S/C28H16N4O4S4/c29-11-17(12-30)27-37-21-19(33)23-24(20(34)22(21)38-27)40-28(39-23)18-25(35)31(13-15-7-3-1-4-8-15)32(26(18)36)14-16-9-5-2-6-10-16/h1-10,33-34H,13-14H2. The molecule has 3 aliphatic heterocycles. The Morgan fingerprint density at radius 2 is 1.07 bits per heavy atom. The van der Waals surface area contributed by atoms with Gasteiger partial charge in [-0.25, -0.2) is 10.0 Å². The van der Waals surface area contributed by atoms with Gasteiger partial charge in [-0.3, -0.25) is 9.59 Å². The van der Waals surface area contributed by atoms with Crippen LogP contribution in [0.4, 0.5) is 0 Å². The number of carbonyl (C=O) groups excluding carboxylic acids is 2. The van der Waals surface area contributed by atoms with Gasteiger partial charge in [-0.2, -0.15) is 10.5 Å². The van der Waals surface area contributed by atoms with Crippen LogP contribution in [0.2, 0.25) is 0 Å². The topological polar surface area (TPSA) is 129 Å². The van der Waals surface area contributed by atoms with E-state index in [9.17, 15) is 30.3 Å². The first-order chi connectivity index (χ1) is 19.4. The van der Waals surface area contributed by atoms with Crippen LogP contribution in [0.15, 0.2) is 99.9 Å². The number of nitrogens with zero attached hydrogens (tertiary/aromatic N) is 4. The first-order valence-corrected chi connectivity index (χ1v) is 15.0. The van der Waals surface area contributed by atoms with Crippen molar-refractivity contribution >= 4 is 58.9 Å². The van der Waals surface area contributed by atoms with Gasteiger partial charge in [0.25, 0.3) is 11.8 Å². The lowest BCUT2D eigenvalue weighted by molar-refractivity contribution is -0.149. The average Bonchev–Trinajstić information content (AvgIpc) is 3.66. The van der Waals surface area contributed by atoms with Crippen molar-refractivity contribution in [2.45, 2.75) is 32.7 Å². The molecule has 1 fully saturated rings. The Labute approximate surface area is 245 Å². The van der Waals surface area contributed by atoms with Crippen molar-refractivity contribution in [3.05, 3.63) is 91.4 Å². The number of carbonyl (C=O) groups is 2. The lowest BCUT2D eigenvalue weighted by atomic mass is 10.2. The first-order valence-electron chi connectivity index (χ1n) is 11.7. The van der Waals surface area contributed by atoms with Gasteiger partial charge in [-0.05, 0) is 11.1 Å². The van der Waals surface area contributed by atoms with E-state index in [2.05, 4.69) is 0 Å². The van der Waals surface area contributed by atoms with Crippen molar-refractivity contribution in [1.82, 2.24) is 10.0 Å². The van der Waals surface area contributed by atoms with Gasteiger partial charge in [0.2, 0.25) is 0 Å². The van der Waals surface area contributed by atoms with E-state index in [1.807, 2.05) is 72.8 Å². The van der Waals surface area contributed by atoms with Gasteiger partial charge in [0.1, 0.15) is 34.8 Å². The zero-order valence-corrected chi connectivity index (χ0v) is 23.6. The molecule has 12 heteroatoms. The molecule has 1 saturated heterocycles. The van der Waals surface area contributed by atoms with E-state index < -0.39 is 11.8 Å². The van der Waals surface area contributed by atoms with Crippen LogP contribution in [-0.4, -0.2) is 32.0 Å². The Hall–Kier alpha value is -3.94. The fourth-order valence-electron chi connectivity index (χ4n) is 4.32. The maximum Gasteiger partial charge on any atom is 0.280 e. The first kappa shape index (κ1) is 26.3. The van der Waals surface area contributed by atoms with Crippen molar-refractivity contribution in [3.63, 3.8) is 0 Å². The third-order valence-electron chi connectivity index (χ3n) is 6.22. The molecule has 2 amide bonds. The second-order valence-electron chi connectivity index (χ2n) is 8.67. The third-order valence-corrected chi connectivity index (χ3v) is 11.4. The number of benzene rings is 3. The van der Waals surface area contributed by atoms with Crippen LogP contribution in [0.5, 0.6) is 11.5 Å². The highest BCUT2D eigenvalue weighted by atomic mass is 32.2. The van der Waals surface area contributed by atoms with Gasteiger partial charge in [-0.15, -0.1) is 0 Å². The number of hydrogen-bond acceptors (Lipinski definition) is 10. The molecule has 0 aromatic heterocycles. The molecule has 0 unspecified atom stereocenters. The van der Waals surface area contributed by atoms with E-state index >= 15 is 0 Å². The molecule has 0 aliphatic carbocycles. The summed E-state index contributed by atoms with van der Waals surface area (Å²) in [6.45, 7) is 0.398. The number of rotatable bonds is 4. The van der Waals surface area contributed by atoms with Crippen molar-refractivity contribution in [3.8, 4) is 23.6 Å². The fourth-order valence-corrected chi connectivity index (χ4v) is 9.52. The molecule has 3 aromatic rings. The van der Waals surface area contributed by atoms with Crippen molar-refractivity contribution in [2.75, 3.05) is 0 Å². The van der Waals surface area contributed by atoms with Crippen LogP contribution in [-0.2, 0) is 22.7 Å². The summed E-state index contributed by atoms with van der Waals surface area (Å²) in [5.74, 6) is -1.17. The van der Waals surface area contributed by atoms with Crippen molar-refractivity contribution < 1.29 is 19.8 Å². The number of nitriles is 2. The quantitative estimate of drug-likeness (QED) is 0.160. The monoisotopic (exact) mass is 600 g/mol. The minimum Gasteiger partial charge on any atom is -0.505 e. The smallest absolute Gasteiger partial charge is 0.280 e. The molecule has 0 bridgehead atoms. The van der Waals surface area contributed by atoms with Crippen molar-refractivity contribution in [1.29, 1.82) is 10.5 Å². The molecule has 196 valence electrons. The summed E-state index contributed by atoms with van der Waals surface area (Å²) in [6.07, 6.45) is 0. The molecule has 6 rings (SSSR count). The molecule has 0 spiro atoms. The van der Waals surface area contributed by atoms with Gasteiger partial charge in [0.05, 0.1) is 41.1 Å². The van der Waals surface area contributed by atoms with Gasteiger partial charge < -0.3 is 10.2 Å². The van der Waals surface area contributed by atoms with E-state index in [0.29, 0.717) is 28.1 Å². The maximum atomic E-state index is 13.8. The molecule has 0 atom stereocenters. The molecule has 3 aliphatic rings. The van der Waals surface area contributed by atoms with E-state index in [1.54, 1.807) is 0 Å². The zero-order valence-electron chi connectivity index (χ0n) is 20.3. The number of hydrazine groups is 1. The Bertz CT molecular complexity index is 1620. The van der Waals surface area contributed by atoms with E-state index in [0.717, 1.165) is 58.2 Å². The second-order valence-corrected chi connectivity index (χ2v) is 13.3. The number of phenols is 2. The number of amides is 2. The third kappa shape index (κ3) is 4.39. The average molecular weight is 601 g/mol. The van der Waals surface area contributed by atoms with Gasteiger partial charge in [0.15, 0.2) is 0 Å². The largest absolute Gasteiger partial charge is 0.505 e. The fraction of sp³-hybridized carbons (Fsp3) is 0.0714. The Morgan fingerprint density at radius 1 is 0.675 bits per heavy atom. The summed E-state index contributed by atoms with van der Waals surface area (Å²) < 4.78 is 0.741. The maximum absolute atomic E-state index is 13.8. The number of allylic oxidation sites excluding steroid dienone is 1. The summed E-state index contributed by atoms with van der Waals surface area (Å²) in [6, 6.07) is 22.5. The molecule has 0 saturated carbocycles. The van der Waals surface area contributed by atoms with Crippen LogP contribution in [0.1, 0.15) is 11.1 Å². The molecule has 40 heavy (non-hydrogen) atoms.